The topological polar surface area (TPSA) is 72.8 Å². The first-order valence-electron chi connectivity index (χ1n) is 7.70. The minimum Gasteiger partial charge on any atom is -0.493 e. The van der Waals surface area contributed by atoms with Gasteiger partial charge in [-0.15, -0.1) is 0 Å². The average Bonchev–Trinajstić information content (AvgIpc) is 3.07. The standard InChI is InChI=1S/C16H22O5S/c1-20-14-7-6-12(16(17)8-9-22(18,19)11-16)10-15(14)21-13-4-2-3-5-13/h6-7,10,13,17H,2-5,8-9,11H2,1H3. The van der Waals surface area contributed by atoms with Crippen molar-refractivity contribution in [3.63, 3.8) is 0 Å². The average molecular weight is 326 g/mol. The molecule has 1 unspecified atom stereocenters. The third kappa shape index (κ3) is 3.08. The van der Waals surface area contributed by atoms with Crippen molar-refractivity contribution in [2.45, 2.75) is 43.8 Å². The summed E-state index contributed by atoms with van der Waals surface area (Å²) < 4.78 is 34.7. The Morgan fingerprint density at radius 2 is 1.95 bits per heavy atom. The molecule has 1 aliphatic carbocycles. The number of benzene rings is 1. The normalized spacial score (nSPS) is 27.9. The molecule has 1 aromatic carbocycles. The van der Waals surface area contributed by atoms with Crippen LogP contribution in [0.25, 0.3) is 0 Å². The summed E-state index contributed by atoms with van der Waals surface area (Å²) in [5.41, 5.74) is -0.735. The van der Waals surface area contributed by atoms with E-state index in [2.05, 4.69) is 0 Å². The third-order valence-corrected chi connectivity index (χ3v) is 6.33. The first-order valence-corrected chi connectivity index (χ1v) is 9.52. The van der Waals surface area contributed by atoms with Crippen LogP contribution in [0.4, 0.5) is 0 Å². The van der Waals surface area contributed by atoms with Gasteiger partial charge in [0, 0.05) is 0 Å². The summed E-state index contributed by atoms with van der Waals surface area (Å²) >= 11 is 0. The minimum atomic E-state index is -3.18. The first-order chi connectivity index (χ1) is 10.4. The molecule has 0 spiro atoms. The van der Waals surface area contributed by atoms with Gasteiger partial charge in [-0.3, -0.25) is 0 Å². The molecule has 2 aliphatic rings. The summed E-state index contributed by atoms with van der Waals surface area (Å²) in [6.45, 7) is 0. The predicted octanol–water partition coefficient (Wildman–Crippen LogP) is 2.02. The van der Waals surface area contributed by atoms with Crippen LogP contribution in [0.2, 0.25) is 0 Å². The number of hydrogen-bond acceptors (Lipinski definition) is 5. The van der Waals surface area contributed by atoms with E-state index in [0.717, 1.165) is 25.7 Å². The van der Waals surface area contributed by atoms with Crippen molar-refractivity contribution in [3.05, 3.63) is 23.8 Å². The molecule has 2 fully saturated rings. The van der Waals surface area contributed by atoms with Crippen molar-refractivity contribution < 1.29 is 23.0 Å². The molecule has 5 nitrogen and oxygen atoms in total. The first kappa shape index (κ1) is 15.6. The molecule has 0 aromatic heterocycles. The summed E-state index contributed by atoms with van der Waals surface area (Å²) in [5, 5.41) is 10.7. The highest BCUT2D eigenvalue weighted by Gasteiger charge is 2.42. The van der Waals surface area contributed by atoms with Gasteiger partial charge in [-0.1, -0.05) is 6.07 Å². The molecule has 1 saturated heterocycles. The lowest BCUT2D eigenvalue weighted by Gasteiger charge is -2.23. The highest BCUT2D eigenvalue weighted by Crippen LogP contribution is 2.39. The second kappa shape index (κ2) is 5.74. The molecule has 1 aromatic rings. The van der Waals surface area contributed by atoms with Gasteiger partial charge in [-0.2, -0.15) is 0 Å². The molecule has 0 bridgehead atoms. The Bertz CT molecular complexity index is 649. The molecule has 1 aliphatic heterocycles. The van der Waals surface area contributed by atoms with Crippen LogP contribution in [0.15, 0.2) is 18.2 Å². The van der Waals surface area contributed by atoms with Crippen LogP contribution in [0.1, 0.15) is 37.7 Å². The van der Waals surface area contributed by atoms with Crippen LogP contribution < -0.4 is 9.47 Å². The van der Waals surface area contributed by atoms with E-state index >= 15 is 0 Å². The molecule has 122 valence electrons. The van der Waals surface area contributed by atoms with E-state index in [-0.39, 0.29) is 24.0 Å². The SMILES string of the molecule is COc1ccc(C2(O)CCS(=O)(=O)C2)cc1OC1CCCC1. The predicted molar refractivity (Wildman–Crippen MR) is 83.0 cm³/mol. The van der Waals surface area contributed by atoms with Gasteiger partial charge in [-0.05, 0) is 49.8 Å². The van der Waals surface area contributed by atoms with Gasteiger partial charge < -0.3 is 14.6 Å². The van der Waals surface area contributed by atoms with Crippen LogP contribution in [0, 0.1) is 0 Å². The Labute approximate surface area is 131 Å². The quantitative estimate of drug-likeness (QED) is 0.916. The number of aliphatic hydroxyl groups is 1. The Hall–Kier alpha value is -1.27. The van der Waals surface area contributed by atoms with Gasteiger partial charge >= 0.3 is 0 Å². The number of methoxy groups -OCH3 is 1. The smallest absolute Gasteiger partial charge is 0.161 e. The minimum absolute atomic E-state index is 0.0222. The van der Waals surface area contributed by atoms with E-state index < -0.39 is 15.4 Å². The van der Waals surface area contributed by atoms with Gasteiger partial charge in [0.1, 0.15) is 5.60 Å². The summed E-state index contributed by atoms with van der Waals surface area (Å²) in [5.74, 6) is 0.994. The molecule has 0 radical (unpaired) electrons. The van der Waals surface area contributed by atoms with Crippen LogP contribution in [0.5, 0.6) is 11.5 Å². The Morgan fingerprint density at radius 3 is 2.55 bits per heavy atom. The molecular formula is C16H22O5S. The highest BCUT2D eigenvalue weighted by atomic mass is 32.2. The largest absolute Gasteiger partial charge is 0.493 e. The van der Waals surface area contributed by atoms with E-state index in [0.29, 0.717) is 17.1 Å². The fourth-order valence-electron chi connectivity index (χ4n) is 3.30. The van der Waals surface area contributed by atoms with Crippen LogP contribution in [-0.4, -0.2) is 38.2 Å². The van der Waals surface area contributed by atoms with E-state index in [4.69, 9.17) is 9.47 Å². The second-order valence-electron chi connectivity index (χ2n) is 6.26. The van der Waals surface area contributed by atoms with E-state index in [9.17, 15) is 13.5 Å². The number of sulfone groups is 1. The summed E-state index contributed by atoms with van der Waals surface area (Å²) in [7, 11) is -1.60. The fourth-order valence-corrected chi connectivity index (χ4v) is 5.14. The number of ether oxygens (including phenoxy) is 2. The van der Waals surface area contributed by atoms with E-state index in [1.165, 1.54) is 0 Å². The molecule has 1 N–H and O–H groups in total. The maximum atomic E-state index is 11.7. The second-order valence-corrected chi connectivity index (χ2v) is 8.45. The Kier molecular flexibility index (Phi) is 4.07. The number of hydrogen-bond donors (Lipinski definition) is 1. The van der Waals surface area contributed by atoms with Crippen molar-refractivity contribution in [2.75, 3.05) is 18.6 Å². The van der Waals surface area contributed by atoms with Crippen molar-refractivity contribution in [1.82, 2.24) is 0 Å². The van der Waals surface area contributed by atoms with E-state index in [1.807, 2.05) is 0 Å². The monoisotopic (exact) mass is 326 g/mol. The lowest BCUT2D eigenvalue weighted by molar-refractivity contribution is 0.0646. The fraction of sp³-hybridized carbons (Fsp3) is 0.625. The Morgan fingerprint density at radius 1 is 1.23 bits per heavy atom. The lowest BCUT2D eigenvalue weighted by atomic mass is 9.93. The lowest BCUT2D eigenvalue weighted by Crippen LogP contribution is -2.27. The van der Waals surface area contributed by atoms with Crippen LogP contribution in [0.3, 0.4) is 0 Å². The third-order valence-electron chi connectivity index (χ3n) is 4.58. The van der Waals surface area contributed by atoms with Gasteiger partial charge in [0.05, 0.1) is 24.7 Å². The van der Waals surface area contributed by atoms with Crippen molar-refractivity contribution in [3.8, 4) is 11.5 Å². The van der Waals surface area contributed by atoms with Gasteiger partial charge in [0.25, 0.3) is 0 Å². The van der Waals surface area contributed by atoms with Crippen molar-refractivity contribution in [1.29, 1.82) is 0 Å². The van der Waals surface area contributed by atoms with E-state index in [1.54, 1.807) is 25.3 Å². The zero-order valence-corrected chi connectivity index (χ0v) is 13.6. The van der Waals surface area contributed by atoms with Gasteiger partial charge in [0.15, 0.2) is 21.3 Å². The van der Waals surface area contributed by atoms with Gasteiger partial charge in [0.2, 0.25) is 0 Å². The highest BCUT2D eigenvalue weighted by molar-refractivity contribution is 7.91. The molecule has 1 atom stereocenters. The molecule has 22 heavy (non-hydrogen) atoms. The zero-order chi connectivity index (χ0) is 15.8. The summed E-state index contributed by atoms with van der Waals surface area (Å²) in [4.78, 5) is 0. The van der Waals surface area contributed by atoms with Crippen LogP contribution in [-0.2, 0) is 15.4 Å². The maximum Gasteiger partial charge on any atom is 0.161 e. The molecule has 1 saturated carbocycles. The number of rotatable bonds is 4. The molecule has 0 amide bonds. The van der Waals surface area contributed by atoms with Crippen LogP contribution >= 0.6 is 0 Å². The molecular weight excluding hydrogens is 304 g/mol. The van der Waals surface area contributed by atoms with Gasteiger partial charge in [-0.25, -0.2) is 8.42 Å². The summed E-state index contributed by atoms with van der Waals surface area (Å²) in [6.07, 6.45) is 4.76. The molecule has 6 heteroatoms. The van der Waals surface area contributed by atoms with Crippen molar-refractivity contribution in [2.24, 2.45) is 0 Å². The van der Waals surface area contributed by atoms with Crippen molar-refractivity contribution >= 4 is 9.84 Å². The Balaban J connectivity index is 1.89. The molecule has 3 rings (SSSR count). The molecule has 1 heterocycles. The summed E-state index contributed by atoms with van der Waals surface area (Å²) in [6, 6.07) is 5.20. The zero-order valence-electron chi connectivity index (χ0n) is 12.7. The maximum absolute atomic E-state index is 11.7.